The summed E-state index contributed by atoms with van der Waals surface area (Å²) in [5, 5.41) is 0.832. The van der Waals surface area contributed by atoms with Crippen molar-refractivity contribution >= 4 is 33.3 Å². The largest absolute Gasteiger partial charge is 0.305 e. The smallest absolute Gasteiger partial charge is 0.174 e. The van der Waals surface area contributed by atoms with Gasteiger partial charge in [-0.25, -0.2) is 0 Å². The van der Waals surface area contributed by atoms with Crippen LogP contribution in [0.25, 0.3) is 0 Å². The molecule has 0 aliphatic carbocycles. The van der Waals surface area contributed by atoms with E-state index >= 15 is 0 Å². The van der Waals surface area contributed by atoms with Crippen molar-refractivity contribution in [1.82, 2.24) is 4.90 Å². The molecule has 0 saturated carbocycles. The first-order valence-corrected chi connectivity index (χ1v) is 6.07. The molecular formula is C11H13BrClNO. The molecule has 0 aliphatic rings. The van der Waals surface area contributed by atoms with Crippen LogP contribution in [0, 0.1) is 0 Å². The maximum atomic E-state index is 11.4. The second-order valence-corrected chi connectivity index (χ2v) is 4.58. The van der Waals surface area contributed by atoms with Gasteiger partial charge >= 0.3 is 0 Å². The molecule has 0 N–H and O–H groups in total. The Hall–Kier alpha value is -0.380. The summed E-state index contributed by atoms with van der Waals surface area (Å²) in [4.78, 5) is 13.5. The predicted octanol–water partition coefficient (Wildman–Crippen LogP) is 2.98. The van der Waals surface area contributed by atoms with Crippen LogP contribution in [0.1, 0.15) is 15.9 Å². The van der Waals surface area contributed by atoms with Crippen LogP contribution >= 0.6 is 27.5 Å². The van der Waals surface area contributed by atoms with Crippen LogP contribution in [0.5, 0.6) is 0 Å². The lowest BCUT2D eigenvalue weighted by molar-refractivity contribution is 0.102. The number of halogens is 2. The van der Waals surface area contributed by atoms with Gasteiger partial charge in [-0.15, -0.1) is 0 Å². The van der Waals surface area contributed by atoms with Gasteiger partial charge in [-0.2, -0.15) is 0 Å². The van der Waals surface area contributed by atoms with E-state index in [1.807, 2.05) is 26.2 Å². The van der Waals surface area contributed by atoms with Gasteiger partial charge in [0.15, 0.2) is 5.78 Å². The average molecular weight is 291 g/mol. The lowest BCUT2D eigenvalue weighted by Gasteiger charge is -2.10. The van der Waals surface area contributed by atoms with E-state index in [1.54, 1.807) is 6.07 Å². The number of hydrogen-bond acceptors (Lipinski definition) is 2. The summed E-state index contributed by atoms with van der Waals surface area (Å²) in [5.74, 6) is 0.0106. The molecule has 0 fully saturated rings. The van der Waals surface area contributed by atoms with E-state index in [-0.39, 0.29) is 5.78 Å². The Morgan fingerprint density at radius 2 is 2.13 bits per heavy atom. The van der Waals surface area contributed by atoms with Crippen LogP contribution in [0.2, 0.25) is 5.02 Å². The number of nitrogens with zero attached hydrogens (tertiary/aromatic N) is 1. The highest BCUT2D eigenvalue weighted by Crippen LogP contribution is 2.19. The summed E-state index contributed by atoms with van der Waals surface area (Å²) < 4.78 is 0. The Labute approximate surface area is 103 Å². The Morgan fingerprint density at radius 3 is 2.60 bits per heavy atom. The Morgan fingerprint density at radius 1 is 1.47 bits per heavy atom. The number of alkyl halides is 1. The summed E-state index contributed by atoms with van der Waals surface area (Å²) >= 11 is 9.15. The van der Waals surface area contributed by atoms with E-state index in [1.165, 1.54) is 0 Å². The molecule has 0 radical (unpaired) electrons. The van der Waals surface area contributed by atoms with Crippen LogP contribution in [0.15, 0.2) is 18.2 Å². The van der Waals surface area contributed by atoms with E-state index in [0.29, 0.717) is 15.9 Å². The normalized spacial score (nSPS) is 10.7. The Kier molecular flexibility index (Phi) is 4.77. The van der Waals surface area contributed by atoms with E-state index in [4.69, 9.17) is 11.6 Å². The van der Waals surface area contributed by atoms with Gasteiger partial charge in [-0.05, 0) is 31.8 Å². The standard InChI is InChI=1S/C11H13BrClNO/c1-14(2)7-8-3-4-9(10(13)5-8)11(15)6-12/h3-5H,6-7H2,1-2H3. The minimum atomic E-state index is 0.0106. The molecule has 0 atom stereocenters. The Balaban J connectivity index is 2.93. The molecule has 1 aromatic carbocycles. The molecule has 1 aromatic rings. The molecule has 0 unspecified atom stereocenters. The Bertz CT molecular complexity index is 366. The molecule has 4 heteroatoms. The molecule has 0 spiro atoms. The number of Topliss-reactive ketones (excluding diaryl/α,β-unsaturated/α-hetero) is 1. The molecule has 15 heavy (non-hydrogen) atoms. The third-order valence-corrected chi connectivity index (χ3v) is 2.78. The topological polar surface area (TPSA) is 20.3 Å². The molecule has 0 amide bonds. The molecule has 0 aliphatic heterocycles. The maximum absolute atomic E-state index is 11.4. The number of carbonyl (C=O) groups excluding carboxylic acids is 1. The minimum Gasteiger partial charge on any atom is -0.305 e. The zero-order chi connectivity index (χ0) is 11.4. The highest BCUT2D eigenvalue weighted by molar-refractivity contribution is 9.09. The van der Waals surface area contributed by atoms with Gasteiger partial charge in [0, 0.05) is 12.1 Å². The van der Waals surface area contributed by atoms with E-state index in [0.717, 1.165) is 12.1 Å². The van der Waals surface area contributed by atoms with Crippen molar-refractivity contribution < 1.29 is 4.79 Å². The average Bonchev–Trinajstić information content (AvgIpc) is 2.16. The van der Waals surface area contributed by atoms with Gasteiger partial charge in [0.25, 0.3) is 0 Å². The first-order chi connectivity index (χ1) is 7.04. The van der Waals surface area contributed by atoms with E-state index < -0.39 is 0 Å². The van der Waals surface area contributed by atoms with Gasteiger partial charge in [0.2, 0.25) is 0 Å². The monoisotopic (exact) mass is 289 g/mol. The fourth-order valence-corrected chi connectivity index (χ4v) is 1.93. The van der Waals surface area contributed by atoms with Gasteiger partial charge in [0.1, 0.15) is 0 Å². The van der Waals surface area contributed by atoms with E-state index in [2.05, 4.69) is 20.8 Å². The number of benzene rings is 1. The molecule has 0 saturated heterocycles. The first kappa shape index (κ1) is 12.7. The maximum Gasteiger partial charge on any atom is 0.174 e. The molecule has 2 nitrogen and oxygen atoms in total. The number of carbonyl (C=O) groups is 1. The zero-order valence-corrected chi connectivity index (χ0v) is 11.1. The number of rotatable bonds is 4. The van der Waals surface area contributed by atoms with Gasteiger partial charge in [-0.3, -0.25) is 4.79 Å². The van der Waals surface area contributed by atoms with Crippen LogP contribution in [0.4, 0.5) is 0 Å². The van der Waals surface area contributed by atoms with Gasteiger partial charge < -0.3 is 4.90 Å². The quantitative estimate of drug-likeness (QED) is 0.628. The first-order valence-electron chi connectivity index (χ1n) is 4.57. The van der Waals surface area contributed by atoms with Crippen LogP contribution in [0.3, 0.4) is 0 Å². The fraction of sp³-hybridized carbons (Fsp3) is 0.364. The van der Waals surface area contributed by atoms with Crippen molar-refractivity contribution in [3.8, 4) is 0 Å². The SMILES string of the molecule is CN(C)Cc1ccc(C(=O)CBr)c(Cl)c1. The fourth-order valence-electron chi connectivity index (χ4n) is 1.32. The third-order valence-electron chi connectivity index (χ3n) is 1.95. The second-order valence-electron chi connectivity index (χ2n) is 3.61. The highest BCUT2D eigenvalue weighted by atomic mass is 79.9. The minimum absolute atomic E-state index is 0.0106. The lowest BCUT2D eigenvalue weighted by atomic mass is 10.1. The van der Waals surface area contributed by atoms with Crippen molar-refractivity contribution in [2.75, 3.05) is 19.4 Å². The molecule has 0 heterocycles. The summed E-state index contributed by atoms with van der Waals surface area (Å²) in [6, 6.07) is 5.56. The molecule has 82 valence electrons. The van der Waals surface area contributed by atoms with E-state index in [9.17, 15) is 4.79 Å². The molecule has 1 rings (SSSR count). The molecule has 0 aromatic heterocycles. The van der Waals surface area contributed by atoms with Crippen LogP contribution in [-0.2, 0) is 6.54 Å². The zero-order valence-electron chi connectivity index (χ0n) is 8.76. The van der Waals surface area contributed by atoms with Crippen molar-refractivity contribution in [1.29, 1.82) is 0 Å². The van der Waals surface area contributed by atoms with Gasteiger partial charge in [-0.1, -0.05) is 33.6 Å². The number of ketones is 1. The van der Waals surface area contributed by atoms with Crippen molar-refractivity contribution in [3.05, 3.63) is 34.3 Å². The van der Waals surface area contributed by atoms with Crippen LogP contribution in [-0.4, -0.2) is 30.1 Å². The van der Waals surface area contributed by atoms with Crippen molar-refractivity contribution in [3.63, 3.8) is 0 Å². The van der Waals surface area contributed by atoms with Crippen molar-refractivity contribution in [2.24, 2.45) is 0 Å². The second kappa shape index (κ2) is 5.64. The number of hydrogen-bond donors (Lipinski definition) is 0. The highest BCUT2D eigenvalue weighted by Gasteiger charge is 2.09. The summed E-state index contributed by atoms with van der Waals surface area (Å²) in [7, 11) is 3.98. The van der Waals surface area contributed by atoms with Crippen molar-refractivity contribution in [2.45, 2.75) is 6.54 Å². The summed E-state index contributed by atoms with van der Waals surface area (Å²) in [5.41, 5.74) is 1.69. The predicted molar refractivity (Wildman–Crippen MR) is 67.0 cm³/mol. The molecular weight excluding hydrogens is 277 g/mol. The summed E-state index contributed by atoms with van der Waals surface area (Å²) in [6.07, 6.45) is 0. The lowest BCUT2D eigenvalue weighted by Crippen LogP contribution is -2.11. The van der Waals surface area contributed by atoms with Gasteiger partial charge in [0.05, 0.1) is 10.4 Å². The summed E-state index contributed by atoms with van der Waals surface area (Å²) in [6.45, 7) is 0.822. The third kappa shape index (κ3) is 3.59. The van der Waals surface area contributed by atoms with Crippen LogP contribution < -0.4 is 0 Å². The molecule has 0 bridgehead atoms.